The lowest BCUT2D eigenvalue weighted by Gasteiger charge is -2.12. The van der Waals surface area contributed by atoms with E-state index in [-0.39, 0.29) is 31.0 Å². The van der Waals surface area contributed by atoms with Gasteiger partial charge < -0.3 is 19.7 Å². The molecular formula is C19H25FINO5. The maximum Gasteiger partial charge on any atom is 0.343 e. The highest BCUT2D eigenvalue weighted by Gasteiger charge is 2.20. The Kier molecular flexibility index (Phi) is 10.5. The first-order valence-electron chi connectivity index (χ1n) is 8.69. The Morgan fingerprint density at radius 3 is 2.59 bits per heavy atom. The Morgan fingerprint density at radius 2 is 2.04 bits per heavy atom. The smallest absolute Gasteiger partial charge is 0.343 e. The molecule has 150 valence electrons. The molecule has 27 heavy (non-hydrogen) atoms. The van der Waals surface area contributed by atoms with Gasteiger partial charge in [0.15, 0.2) is 0 Å². The van der Waals surface area contributed by atoms with Gasteiger partial charge in [-0.2, -0.15) is 0 Å². The van der Waals surface area contributed by atoms with Gasteiger partial charge in [-0.15, -0.1) is 0 Å². The second-order valence-corrected chi connectivity index (χ2v) is 6.70. The molecule has 0 amide bonds. The van der Waals surface area contributed by atoms with Crippen molar-refractivity contribution in [1.29, 1.82) is 0 Å². The molecule has 0 spiro atoms. The first-order valence-corrected chi connectivity index (χ1v) is 9.77. The minimum atomic E-state index is -0.833. The van der Waals surface area contributed by atoms with Gasteiger partial charge in [0.05, 0.1) is 31.4 Å². The lowest BCUT2D eigenvalue weighted by Crippen LogP contribution is -2.20. The quantitative estimate of drug-likeness (QED) is 0.172. The molecule has 1 aromatic carbocycles. The van der Waals surface area contributed by atoms with Crippen molar-refractivity contribution in [1.82, 2.24) is 0 Å². The van der Waals surface area contributed by atoms with Crippen LogP contribution in [0, 0.1) is 9.39 Å². The third-order valence-corrected chi connectivity index (χ3v) is 4.67. The van der Waals surface area contributed by atoms with E-state index in [1.54, 1.807) is 13.8 Å². The third-order valence-electron chi connectivity index (χ3n) is 3.66. The maximum atomic E-state index is 14.5. The van der Waals surface area contributed by atoms with Crippen molar-refractivity contribution in [2.45, 2.75) is 33.2 Å². The molecule has 2 N–H and O–H groups in total. The largest absolute Gasteiger partial charge is 0.506 e. The summed E-state index contributed by atoms with van der Waals surface area (Å²) in [5.74, 6) is -2.04. The number of hydrogen-bond donors (Lipinski definition) is 2. The van der Waals surface area contributed by atoms with E-state index in [1.807, 2.05) is 29.5 Å². The van der Waals surface area contributed by atoms with Gasteiger partial charge in [-0.3, -0.25) is 4.99 Å². The Balaban J connectivity index is 3.36. The van der Waals surface area contributed by atoms with Crippen LogP contribution in [0.2, 0.25) is 0 Å². The normalized spacial score (nSPS) is 13.6. The van der Waals surface area contributed by atoms with Crippen molar-refractivity contribution < 1.29 is 28.9 Å². The van der Waals surface area contributed by atoms with E-state index >= 15 is 0 Å². The molecule has 0 unspecified atom stereocenters. The van der Waals surface area contributed by atoms with Gasteiger partial charge >= 0.3 is 5.97 Å². The van der Waals surface area contributed by atoms with Crippen LogP contribution in [0.5, 0.6) is 0 Å². The van der Waals surface area contributed by atoms with E-state index in [0.717, 1.165) is 15.3 Å². The number of ether oxygens (including phenoxy) is 2. The number of aliphatic hydroxyl groups excluding tert-OH is 2. The van der Waals surface area contributed by atoms with Crippen molar-refractivity contribution in [3.63, 3.8) is 0 Å². The fraction of sp³-hybridized carbons (Fsp3) is 0.474. The molecule has 0 saturated heterocycles. The fourth-order valence-electron chi connectivity index (χ4n) is 2.18. The summed E-state index contributed by atoms with van der Waals surface area (Å²) in [6.45, 7) is 5.71. The van der Waals surface area contributed by atoms with E-state index < -0.39 is 23.6 Å². The minimum Gasteiger partial charge on any atom is -0.506 e. The second-order valence-electron chi connectivity index (χ2n) is 5.53. The molecule has 6 nitrogen and oxygen atoms in total. The Hall–Kier alpha value is -1.52. The predicted molar refractivity (Wildman–Crippen MR) is 111 cm³/mol. The van der Waals surface area contributed by atoms with E-state index in [0.29, 0.717) is 13.0 Å². The summed E-state index contributed by atoms with van der Waals surface area (Å²) in [6, 6.07) is 2.19. The molecule has 0 aliphatic heterocycles. The number of hydrogen-bond acceptors (Lipinski definition) is 6. The summed E-state index contributed by atoms with van der Waals surface area (Å²) < 4.78 is 25.4. The van der Waals surface area contributed by atoms with Gasteiger partial charge in [-0.25, -0.2) is 9.18 Å². The molecule has 0 aliphatic rings. The number of halogens is 2. The zero-order valence-electron chi connectivity index (χ0n) is 15.7. The number of carbonyl (C=O) groups is 1. The number of aliphatic hydroxyl groups is 2. The fourth-order valence-corrected chi connectivity index (χ4v) is 3.03. The third kappa shape index (κ3) is 6.86. The van der Waals surface area contributed by atoms with E-state index in [4.69, 9.17) is 9.47 Å². The van der Waals surface area contributed by atoms with Gasteiger partial charge in [0.2, 0.25) is 0 Å². The van der Waals surface area contributed by atoms with Crippen molar-refractivity contribution in [2.24, 2.45) is 4.99 Å². The van der Waals surface area contributed by atoms with Crippen LogP contribution < -0.4 is 0 Å². The molecule has 1 atom stereocenters. The van der Waals surface area contributed by atoms with Crippen LogP contribution in [-0.2, 0) is 20.7 Å². The van der Waals surface area contributed by atoms with E-state index in [1.165, 1.54) is 12.1 Å². The summed E-state index contributed by atoms with van der Waals surface area (Å²) in [4.78, 5) is 16.3. The molecule has 1 aromatic rings. The number of nitrogens with zero attached hydrogens (tertiary/aromatic N) is 1. The standard InChI is InChI=1S/C19H25FINO5/c1-4-12-7-16(20)14(8-17(12)21)18(24)15(19(25)27-6-3)9-22-13(10-23)11-26-5-2/h7-9,13,23-24H,4-6,10-11H2,1-3H3/t13-/m1/s1. The number of rotatable bonds is 10. The monoisotopic (exact) mass is 493 g/mol. The molecular weight excluding hydrogens is 468 g/mol. The van der Waals surface area contributed by atoms with Gasteiger partial charge in [-0.05, 0) is 60.6 Å². The molecule has 0 heterocycles. The second kappa shape index (κ2) is 12.0. The molecule has 0 radical (unpaired) electrons. The molecule has 0 bridgehead atoms. The van der Waals surface area contributed by atoms with Crippen LogP contribution >= 0.6 is 22.6 Å². The topological polar surface area (TPSA) is 88.4 Å². The molecule has 0 aliphatic carbocycles. The molecule has 1 rings (SSSR count). The summed E-state index contributed by atoms with van der Waals surface area (Å²) in [7, 11) is 0. The highest BCUT2D eigenvalue weighted by Crippen LogP contribution is 2.25. The maximum absolute atomic E-state index is 14.5. The average molecular weight is 493 g/mol. The van der Waals surface area contributed by atoms with Gasteiger partial charge in [-0.1, -0.05) is 6.92 Å². The first kappa shape index (κ1) is 23.5. The summed E-state index contributed by atoms with van der Waals surface area (Å²) in [6.07, 6.45) is 1.73. The van der Waals surface area contributed by atoms with Gasteiger partial charge in [0.25, 0.3) is 0 Å². The Bertz CT molecular complexity index is 706. The lowest BCUT2D eigenvalue weighted by molar-refractivity contribution is -0.137. The Morgan fingerprint density at radius 1 is 1.33 bits per heavy atom. The first-order chi connectivity index (χ1) is 12.9. The lowest BCUT2D eigenvalue weighted by atomic mass is 10.0. The van der Waals surface area contributed by atoms with Crippen molar-refractivity contribution in [2.75, 3.05) is 26.4 Å². The summed E-state index contributed by atoms with van der Waals surface area (Å²) in [5.41, 5.74) is 0.398. The highest BCUT2D eigenvalue weighted by molar-refractivity contribution is 14.1. The average Bonchev–Trinajstić information content (AvgIpc) is 2.65. The number of carbonyl (C=O) groups excluding carboxylic acids is 1. The van der Waals surface area contributed by atoms with E-state index in [2.05, 4.69) is 4.99 Å². The summed E-state index contributed by atoms with van der Waals surface area (Å²) >= 11 is 2.05. The number of aliphatic imine (C=N–C) groups is 1. The van der Waals surface area contributed by atoms with Crippen LogP contribution in [0.1, 0.15) is 31.9 Å². The van der Waals surface area contributed by atoms with Gasteiger partial charge in [0, 0.05) is 16.4 Å². The number of esters is 1. The Labute approximate surface area is 172 Å². The number of aryl methyl sites for hydroxylation is 1. The van der Waals surface area contributed by atoms with Crippen molar-refractivity contribution >= 4 is 40.5 Å². The predicted octanol–water partition coefficient (Wildman–Crippen LogP) is 3.29. The van der Waals surface area contributed by atoms with E-state index in [9.17, 15) is 19.4 Å². The number of benzene rings is 1. The van der Waals surface area contributed by atoms with Crippen LogP contribution in [0.15, 0.2) is 22.7 Å². The van der Waals surface area contributed by atoms with Gasteiger partial charge in [0.1, 0.15) is 17.1 Å². The van der Waals surface area contributed by atoms with Crippen LogP contribution in [-0.4, -0.2) is 54.9 Å². The molecule has 0 fully saturated rings. The van der Waals surface area contributed by atoms with Crippen molar-refractivity contribution in [3.05, 3.63) is 38.2 Å². The zero-order chi connectivity index (χ0) is 20.4. The van der Waals surface area contributed by atoms with Crippen LogP contribution in [0.3, 0.4) is 0 Å². The highest BCUT2D eigenvalue weighted by atomic mass is 127. The minimum absolute atomic E-state index is 0.0839. The molecule has 8 heteroatoms. The van der Waals surface area contributed by atoms with Crippen molar-refractivity contribution in [3.8, 4) is 0 Å². The molecule has 0 saturated carbocycles. The SMILES string of the molecule is CCOC[C@@H](CO)N=CC(C(=O)OCC)=C(O)c1cc(I)c(CC)cc1F. The van der Waals surface area contributed by atoms with Crippen LogP contribution in [0.4, 0.5) is 4.39 Å². The zero-order valence-corrected chi connectivity index (χ0v) is 17.8. The molecule has 0 aromatic heterocycles. The van der Waals surface area contributed by atoms with Crippen LogP contribution in [0.25, 0.3) is 5.76 Å². The summed E-state index contributed by atoms with van der Waals surface area (Å²) in [5, 5.41) is 19.9.